The van der Waals surface area contributed by atoms with Crippen LogP contribution >= 0.6 is 15.9 Å². The van der Waals surface area contributed by atoms with Gasteiger partial charge in [0.2, 0.25) is 0 Å². The van der Waals surface area contributed by atoms with E-state index >= 15 is 0 Å². The van der Waals surface area contributed by atoms with Crippen LogP contribution in [0, 0.1) is 0 Å². The third kappa shape index (κ3) is 4.04. The van der Waals surface area contributed by atoms with E-state index in [0.717, 1.165) is 36.9 Å². The Balaban J connectivity index is 2.06. The summed E-state index contributed by atoms with van der Waals surface area (Å²) in [6.07, 6.45) is 4.53. The molecule has 1 heterocycles. The first kappa shape index (κ1) is 15.0. The van der Waals surface area contributed by atoms with Gasteiger partial charge in [0.1, 0.15) is 0 Å². The lowest BCUT2D eigenvalue weighted by molar-refractivity contribution is -0.0114. The second-order valence-electron chi connectivity index (χ2n) is 5.60. The minimum atomic E-state index is -0.0117. The Hall–Kier alpha value is -0.380. The topological polar surface area (TPSA) is 21.3 Å². The van der Waals surface area contributed by atoms with Gasteiger partial charge in [-0.25, -0.2) is 0 Å². The third-order valence-electron chi connectivity index (χ3n) is 3.98. The van der Waals surface area contributed by atoms with Crippen LogP contribution in [0.4, 0.5) is 0 Å². The van der Waals surface area contributed by atoms with E-state index < -0.39 is 0 Å². The average Bonchev–Trinajstić information content (AvgIpc) is 2.85. The molecule has 0 spiro atoms. The van der Waals surface area contributed by atoms with Gasteiger partial charge >= 0.3 is 0 Å². The molecule has 1 fully saturated rings. The Morgan fingerprint density at radius 2 is 2.11 bits per heavy atom. The van der Waals surface area contributed by atoms with Crippen LogP contribution in [0.15, 0.2) is 28.7 Å². The summed E-state index contributed by atoms with van der Waals surface area (Å²) in [6.45, 7) is 6.43. The SMILES string of the molecule is CCCNC(Cc1ccc(Br)cc1)C1(C)CCCO1. The van der Waals surface area contributed by atoms with Crippen molar-refractivity contribution in [1.29, 1.82) is 0 Å². The molecule has 106 valence electrons. The molecule has 1 aromatic carbocycles. The molecule has 1 saturated heterocycles. The standard InChI is InChI=1S/C16H24BrNO/c1-3-10-18-15(16(2)9-4-11-19-16)12-13-5-7-14(17)8-6-13/h5-8,15,18H,3-4,9-12H2,1-2H3. The molecule has 0 amide bonds. The third-order valence-corrected chi connectivity index (χ3v) is 4.51. The quantitative estimate of drug-likeness (QED) is 0.855. The summed E-state index contributed by atoms with van der Waals surface area (Å²) in [6, 6.07) is 9.02. The molecule has 2 atom stereocenters. The highest BCUT2D eigenvalue weighted by Crippen LogP contribution is 2.30. The maximum atomic E-state index is 6.02. The molecule has 0 aliphatic carbocycles. The van der Waals surface area contributed by atoms with Crippen LogP contribution in [0.5, 0.6) is 0 Å². The summed E-state index contributed by atoms with van der Waals surface area (Å²) in [5.41, 5.74) is 1.36. The maximum Gasteiger partial charge on any atom is 0.0810 e. The van der Waals surface area contributed by atoms with Crippen LogP contribution in [-0.2, 0) is 11.2 Å². The van der Waals surface area contributed by atoms with Crippen molar-refractivity contribution in [2.75, 3.05) is 13.2 Å². The van der Waals surface area contributed by atoms with Crippen LogP contribution < -0.4 is 5.32 Å². The monoisotopic (exact) mass is 325 g/mol. The molecule has 3 heteroatoms. The fourth-order valence-corrected chi connectivity index (χ4v) is 3.02. The van der Waals surface area contributed by atoms with E-state index in [9.17, 15) is 0 Å². The van der Waals surface area contributed by atoms with Crippen LogP contribution in [0.1, 0.15) is 38.7 Å². The van der Waals surface area contributed by atoms with Crippen molar-refractivity contribution in [2.45, 2.75) is 51.2 Å². The van der Waals surface area contributed by atoms with E-state index in [1.54, 1.807) is 0 Å². The van der Waals surface area contributed by atoms with Gasteiger partial charge in [-0.2, -0.15) is 0 Å². The van der Waals surface area contributed by atoms with Gasteiger partial charge in [-0.15, -0.1) is 0 Å². The molecule has 0 saturated carbocycles. The summed E-state index contributed by atoms with van der Waals surface area (Å²) in [5, 5.41) is 3.68. The van der Waals surface area contributed by atoms with Gasteiger partial charge < -0.3 is 10.1 Å². The number of hydrogen-bond donors (Lipinski definition) is 1. The first-order valence-electron chi connectivity index (χ1n) is 7.26. The Morgan fingerprint density at radius 1 is 1.37 bits per heavy atom. The predicted octanol–water partition coefficient (Wildman–Crippen LogP) is 3.93. The smallest absolute Gasteiger partial charge is 0.0810 e. The second-order valence-corrected chi connectivity index (χ2v) is 6.52. The lowest BCUT2D eigenvalue weighted by atomic mass is 9.88. The van der Waals surface area contributed by atoms with E-state index in [2.05, 4.69) is 59.4 Å². The van der Waals surface area contributed by atoms with Crippen molar-refractivity contribution >= 4 is 15.9 Å². The molecular formula is C16H24BrNO. The lowest BCUT2D eigenvalue weighted by Gasteiger charge is -2.34. The van der Waals surface area contributed by atoms with Crippen LogP contribution in [-0.4, -0.2) is 24.8 Å². The highest BCUT2D eigenvalue weighted by molar-refractivity contribution is 9.10. The van der Waals surface area contributed by atoms with Gasteiger partial charge in [0, 0.05) is 17.1 Å². The Kier molecular flexibility index (Phi) is 5.43. The van der Waals surface area contributed by atoms with Crippen molar-refractivity contribution in [3.05, 3.63) is 34.3 Å². The number of nitrogens with one attached hydrogen (secondary N) is 1. The molecule has 2 nitrogen and oxygen atoms in total. The minimum Gasteiger partial charge on any atom is -0.374 e. The summed E-state index contributed by atoms with van der Waals surface area (Å²) in [7, 11) is 0. The number of rotatable bonds is 6. The van der Waals surface area contributed by atoms with Crippen LogP contribution in [0.3, 0.4) is 0 Å². The van der Waals surface area contributed by atoms with Crippen molar-refractivity contribution in [2.24, 2.45) is 0 Å². The lowest BCUT2D eigenvalue weighted by Crippen LogP contribution is -2.50. The Morgan fingerprint density at radius 3 is 2.68 bits per heavy atom. The molecular weight excluding hydrogens is 302 g/mol. The van der Waals surface area contributed by atoms with Crippen molar-refractivity contribution in [3.63, 3.8) is 0 Å². The number of halogens is 1. The number of ether oxygens (including phenoxy) is 1. The van der Waals surface area contributed by atoms with Gasteiger partial charge in [-0.1, -0.05) is 35.0 Å². The first-order chi connectivity index (χ1) is 9.14. The molecule has 1 aromatic rings. The minimum absolute atomic E-state index is 0.0117. The molecule has 0 bridgehead atoms. The Bertz CT molecular complexity index is 384. The van der Waals surface area contributed by atoms with Crippen molar-refractivity contribution < 1.29 is 4.74 Å². The molecule has 1 aliphatic rings. The average molecular weight is 326 g/mol. The zero-order chi connectivity index (χ0) is 13.7. The van der Waals surface area contributed by atoms with Gasteiger partial charge in [0.15, 0.2) is 0 Å². The Labute approximate surface area is 125 Å². The fourth-order valence-electron chi connectivity index (χ4n) is 2.75. The fraction of sp³-hybridized carbons (Fsp3) is 0.625. The normalized spacial score (nSPS) is 24.6. The van der Waals surface area contributed by atoms with Gasteiger partial charge in [-0.05, 0) is 56.8 Å². The molecule has 0 radical (unpaired) electrons. The zero-order valence-corrected chi connectivity index (χ0v) is 13.5. The van der Waals surface area contributed by atoms with E-state index in [4.69, 9.17) is 4.74 Å². The van der Waals surface area contributed by atoms with Gasteiger partial charge in [-0.3, -0.25) is 0 Å². The number of hydrogen-bond acceptors (Lipinski definition) is 2. The largest absolute Gasteiger partial charge is 0.374 e. The number of benzene rings is 1. The first-order valence-corrected chi connectivity index (χ1v) is 8.05. The van der Waals surface area contributed by atoms with E-state index in [-0.39, 0.29) is 5.60 Å². The highest BCUT2D eigenvalue weighted by Gasteiger charge is 2.37. The van der Waals surface area contributed by atoms with Gasteiger partial charge in [0.25, 0.3) is 0 Å². The molecule has 19 heavy (non-hydrogen) atoms. The predicted molar refractivity (Wildman–Crippen MR) is 83.5 cm³/mol. The van der Waals surface area contributed by atoms with E-state index in [1.807, 2.05) is 0 Å². The van der Waals surface area contributed by atoms with Crippen molar-refractivity contribution in [1.82, 2.24) is 5.32 Å². The van der Waals surface area contributed by atoms with E-state index in [0.29, 0.717) is 6.04 Å². The summed E-state index contributed by atoms with van der Waals surface area (Å²) >= 11 is 3.49. The zero-order valence-electron chi connectivity index (χ0n) is 11.9. The van der Waals surface area contributed by atoms with Crippen LogP contribution in [0.25, 0.3) is 0 Å². The second kappa shape index (κ2) is 6.87. The molecule has 1 aliphatic heterocycles. The molecule has 0 aromatic heterocycles. The molecule has 1 N–H and O–H groups in total. The highest BCUT2D eigenvalue weighted by atomic mass is 79.9. The summed E-state index contributed by atoms with van der Waals surface area (Å²) in [4.78, 5) is 0. The molecule has 2 unspecified atom stereocenters. The van der Waals surface area contributed by atoms with Crippen LogP contribution in [0.2, 0.25) is 0 Å². The summed E-state index contributed by atoms with van der Waals surface area (Å²) in [5.74, 6) is 0. The summed E-state index contributed by atoms with van der Waals surface area (Å²) < 4.78 is 7.16. The molecule has 2 rings (SSSR count). The van der Waals surface area contributed by atoms with Crippen molar-refractivity contribution in [3.8, 4) is 0 Å². The maximum absolute atomic E-state index is 6.02. The van der Waals surface area contributed by atoms with E-state index in [1.165, 1.54) is 12.0 Å². The van der Waals surface area contributed by atoms with Gasteiger partial charge in [0.05, 0.1) is 5.60 Å².